The molecule has 0 unspecified atom stereocenters. The zero-order valence-electron chi connectivity index (χ0n) is 20.0. The number of nitro benzene ring substituents is 2. The van der Waals surface area contributed by atoms with Crippen molar-refractivity contribution < 1.29 is 9.85 Å². The van der Waals surface area contributed by atoms with Crippen molar-refractivity contribution in [2.24, 2.45) is 0 Å². The van der Waals surface area contributed by atoms with E-state index in [4.69, 9.17) is 23.2 Å². The third kappa shape index (κ3) is 12.9. The molecule has 0 aliphatic rings. The van der Waals surface area contributed by atoms with Crippen molar-refractivity contribution in [3.05, 3.63) is 72.2 Å². The summed E-state index contributed by atoms with van der Waals surface area (Å²) in [7, 11) is 0. The first-order valence-corrected chi connectivity index (χ1v) is 16.0. The standard InChI is InChI=1S/C12H25.C7H6ClNO2.C6H3ClNO2.Sn/c1-3-5-7-9-11-12-10-8-6-4-2;1-5-4-6(8)2-3-7(5)9(10)11;7-5-1-3-6(4-2-5)8(9)10;/h1,3-12H2,2H3;2-4H,1H3;1-3H;. The predicted molar refractivity (Wildman–Crippen MR) is 143 cm³/mol. The van der Waals surface area contributed by atoms with Crippen molar-refractivity contribution in [2.75, 3.05) is 0 Å². The normalized spacial score (nSPS) is 10.5. The molecule has 0 amide bonds. The minimum absolute atomic E-state index is 0.106. The van der Waals surface area contributed by atoms with Gasteiger partial charge in [-0.3, -0.25) is 10.1 Å². The van der Waals surface area contributed by atoms with Crippen LogP contribution in [0.5, 0.6) is 0 Å². The van der Waals surface area contributed by atoms with E-state index in [1.54, 1.807) is 25.1 Å². The molecular weight excluding hydrogens is 582 g/mol. The van der Waals surface area contributed by atoms with Crippen LogP contribution in [0.2, 0.25) is 14.5 Å². The number of hydrogen-bond acceptors (Lipinski definition) is 4. The van der Waals surface area contributed by atoms with Crippen LogP contribution in [0.1, 0.15) is 76.7 Å². The molecular formula is C25H34Cl2N2O4Sn. The van der Waals surface area contributed by atoms with E-state index in [0.29, 0.717) is 15.6 Å². The Bertz CT molecular complexity index is 912. The molecule has 2 aromatic carbocycles. The molecule has 6 nitrogen and oxygen atoms in total. The number of hydrogen-bond donors (Lipinski definition) is 0. The monoisotopic (exact) mass is 616 g/mol. The molecule has 2 radical (unpaired) electrons. The Labute approximate surface area is 222 Å². The van der Waals surface area contributed by atoms with Gasteiger partial charge in [-0.1, -0.05) is 11.6 Å². The van der Waals surface area contributed by atoms with Gasteiger partial charge in [0, 0.05) is 16.7 Å². The van der Waals surface area contributed by atoms with Crippen molar-refractivity contribution in [3.63, 3.8) is 0 Å². The van der Waals surface area contributed by atoms with E-state index in [0.717, 1.165) is 3.58 Å². The Kier molecular flexibility index (Phi) is 16.2. The summed E-state index contributed by atoms with van der Waals surface area (Å²) in [6.07, 6.45) is 13.4. The zero-order chi connectivity index (χ0) is 25.3. The fourth-order valence-corrected chi connectivity index (χ4v) is 7.87. The fourth-order valence-electron chi connectivity index (χ4n) is 3.47. The van der Waals surface area contributed by atoms with E-state index in [9.17, 15) is 20.2 Å². The van der Waals surface area contributed by atoms with E-state index < -0.39 is 26.1 Å². The second-order valence-electron chi connectivity index (χ2n) is 8.22. The van der Waals surface area contributed by atoms with Crippen LogP contribution < -0.4 is 3.58 Å². The smallest absolute Gasteiger partial charge is 0.258 e. The van der Waals surface area contributed by atoms with Gasteiger partial charge in [0.05, 0.1) is 4.92 Å². The van der Waals surface area contributed by atoms with Gasteiger partial charge in [-0.25, -0.2) is 0 Å². The van der Waals surface area contributed by atoms with E-state index in [-0.39, 0.29) is 16.3 Å². The van der Waals surface area contributed by atoms with Crippen LogP contribution in [0.4, 0.5) is 11.4 Å². The van der Waals surface area contributed by atoms with Crippen LogP contribution in [0.15, 0.2) is 36.4 Å². The summed E-state index contributed by atoms with van der Waals surface area (Å²) >= 11 is 10.7. The van der Waals surface area contributed by atoms with Crippen molar-refractivity contribution in [2.45, 2.75) is 82.5 Å². The molecule has 0 bridgehead atoms. The van der Waals surface area contributed by atoms with Gasteiger partial charge in [0.2, 0.25) is 0 Å². The molecule has 0 saturated heterocycles. The Morgan fingerprint density at radius 2 is 1.21 bits per heavy atom. The van der Waals surface area contributed by atoms with Gasteiger partial charge < -0.3 is 0 Å². The van der Waals surface area contributed by atoms with Crippen LogP contribution >= 0.6 is 23.2 Å². The van der Waals surface area contributed by atoms with Crippen LogP contribution in [0, 0.1) is 27.2 Å². The van der Waals surface area contributed by atoms with Crippen molar-refractivity contribution in [1.82, 2.24) is 0 Å². The first kappa shape index (κ1) is 30.6. The average molecular weight is 616 g/mol. The summed E-state index contributed by atoms with van der Waals surface area (Å²) in [6.45, 7) is 3.91. The van der Waals surface area contributed by atoms with E-state index in [1.807, 2.05) is 6.07 Å². The number of aryl methyl sites for hydroxylation is 1. The van der Waals surface area contributed by atoms with E-state index in [1.165, 1.54) is 80.8 Å². The largest absolute Gasteiger partial charge is 0.272 e. The van der Waals surface area contributed by atoms with Crippen molar-refractivity contribution in [1.29, 1.82) is 0 Å². The second-order valence-corrected chi connectivity index (χ2v) is 13.1. The number of halogens is 2. The summed E-state index contributed by atoms with van der Waals surface area (Å²) in [5, 5.41) is 22.5. The van der Waals surface area contributed by atoms with Gasteiger partial charge in [0.25, 0.3) is 5.69 Å². The minimum Gasteiger partial charge on any atom is -0.258 e. The Morgan fingerprint density at radius 3 is 1.71 bits per heavy atom. The maximum atomic E-state index is 11.0. The van der Waals surface area contributed by atoms with Gasteiger partial charge >= 0.3 is 156 Å². The average Bonchev–Trinajstić information content (AvgIpc) is 2.77. The van der Waals surface area contributed by atoms with Crippen molar-refractivity contribution >= 4 is 59.3 Å². The number of unbranched alkanes of at least 4 members (excludes halogenated alkanes) is 9. The summed E-state index contributed by atoms with van der Waals surface area (Å²) in [5.41, 5.74) is 0.963. The topological polar surface area (TPSA) is 86.3 Å². The van der Waals surface area contributed by atoms with Gasteiger partial charge in [-0.15, -0.1) is 0 Å². The molecule has 0 aromatic heterocycles. The summed E-state index contributed by atoms with van der Waals surface area (Å²) in [4.78, 5) is 20.6. The summed E-state index contributed by atoms with van der Waals surface area (Å²) in [5.74, 6) is 0. The molecule has 2 rings (SSSR count). The maximum Gasteiger partial charge on any atom is 0.272 e. The Hall–Kier alpha value is -1.38. The van der Waals surface area contributed by atoms with Gasteiger partial charge in [-0.2, -0.15) is 0 Å². The number of nitro groups is 2. The summed E-state index contributed by atoms with van der Waals surface area (Å²) in [6, 6.07) is 9.45. The summed E-state index contributed by atoms with van der Waals surface area (Å²) < 4.78 is 2.10. The van der Waals surface area contributed by atoms with Crippen LogP contribution in [0.3, 0.4) is 0 Å². The predicted octanol–water partition coefficient (Wildman–Crippen LogP) is 8.47. The molecule has 0 saturated carbocycles. The van der Waals surface area contributed by atoms with E-state index >= 15 is 0 Å². The molecule has 0 atom stereocenters. The Morgan fingerprint density at radius 1 is 0.735 bits per heavy atom. The molecule has 0 heterocycles. The van der Waals surface area contributed by atoms with Crippen LogP contribution in [0.25, 0.3) is 0 Å². The van der Waals surface area contributed by atoms with Crippen molar-refractivity contribution in [3.8, 4) is 0 Å². The van der Waals surface area contributed by atoms with Gasteiger partial charge in [0.1, 0.15) is 0 Å². The van der Waals surface area contributed by atoms with E-state index in [2.05, 4.69) is 6.92 Å². The fraction of sp³-hybridized carbons (Fsp3) is 0.520. The van der Waals surface area contributed by atoms with Gasteiger partial charge in [0.15, 0.2) is 0 Å². The third-order valence-corrected chi connectivity index (χ3v) is 9.78. The molecule has 0 aliphatic carbocycles. The zero-order valence-corrected chi connectivity index (χ0v) is 24.4. The maximum absolute atomic E-state index is 11.0. The number of benzene rings is 2. The number of rotatable bonds is 14. The SMILES string of the molecule is CCCCCCCCCCC[CH2][Sn][c]1cc(Cl)ccc1[N+](=O)[O-].Cc1cc(Cl)ccc1[N+](=O)[O-]. The molecule has 0 N–H and O–H groups in total. The first-order chi connectivity index (χ1) is 16.3. The molecule has 0 fully saturated rings. The molecule has 186 valence electrons. The molecule has 0 aliphatic heterocycles. The third-order valence-electron chi connectivity index (χ3n) is 5.36. The first-order valence-electron chi connectivity index (χ1n) is 11.8. The van der Waals surface area contributed by atoms with Gasteiger partial charge in [-0.05, 0) is 19.1 Å². The second kappa shape index (κ2) is 18.0. The quantitative estimate of drug-likeness (QED) is 0.0923. The number of nitrogens with zero attached hydrogens (tertiary/aromatic N) is 2. The van der Waals surface area contributed by atoms with Crippen LogP contribution in [-0.4, -0.2) is 31.0 Å². The Balaban J connectivity index is 0.000000437. The van der Waals surface area contributed by atoms with Crippen LogP contribution in [-0.2, 0) is 0 Å². The molecule has 34 heavy (non-hydrogen) atoms. The minimum atomic E-state index is -0.882. The molecule has 9 heteroatoms. The molecule has 0 spiro atoms. The molecule has 2 aromatic rings.